The van der Waals surface area contributed by atoms with E-state index in [1.165, 1.54) is 0 Å². The summed E-state index contributed by atoms with van der Waals surface area (Å²) in [5.74, 6) is 0. The van der Waals surface area contributed by atoms with Crippen LogP contribution in [0.1, 0.15) is 16.7 Å². The molecule has 0 unspecified atom stereocenters. The van der Waals surface area contributed by atoms with Gasteiger partial charge in [-0.1, -0.05) is 133 Å². The van der Waals surface area contributed by atoms with Crippen molar-refractivity contribution in [3.8, 4) is 85.5 Å². The number of rotatable bonds is 7. The smallest absolute Gasteiger partial charge is 0.104 e. The predicted molar refractivity (Wildman–Crippen MR) is 272 cm³/mol. The number of aromatic nitrogens is 4. The van der Waals surface area contributed by atoms with Crippen LogP contribution in [0.3, 0.4) is 0 Å². The highest BCUT2D eigenvalue weighted by molar-refractivity contribution is 6.17. The Kier molecular flexibility index (Phi) is 9.51. The molecule has 7 nitrogen and oxygen atoms in total. The second kappa shape index (κ2) is 16.3. The Hall–Kier alpha value is -9.87. The number of para-hydroxylation sites is 2. The maximum Gasteiger partial charge on any atom is 0.104 e. The number of fused-ring (bicyclic) bond motifs is 6. The molecule has 0 atom stereocenters. The molecule has 0 amide bonds. The summed E-state index contributed by atoms with van der Waals surface area (Å²) in [5.41, 5.74) is 15.4. The Bertz CT molecular complexity index is 3830. The average Bonchev–Trinajstić information content (AvgIpc) is 3.94. The molecular formula is C61H35N7. The Morgan fingerprint density at radius 3 is 1.19 bits per heavy atom. The molecule has 4 heterocycles. The summed E-state index contributed by atoms with van der Waals surface area (Å²) < 4.78 is 4.37. The van der Waals surface area contributed by atoms with Crippen molar-refractivity contribution in [3.05, 3.63) is 229 Å². The van der Waals surface area contributed by atoms with E-state index in [0.29, 0.717) is 33.6 Å². The van der Waals surface area contributed by atoms with Gasteiger partial charge in [-0.25, -0.2) is 0 Å². The lowest BCUT2D eigenvalue weighted by Gasteiger charge is -2.19. The van der Waals surface area contributed by atoms with Gasteiger partial charge >= 0.3 is 0 Å². The molecule has 0 aliphatic carbocycles. The normalized spacial score (nSPS) is 11.2. The third-order valence-electron chi connectivity index (χ3n) is 12.9. The van der Waals surface area contributed by atoms with Gasteiger partial charge in [-0.05, 0) is 89.0 Å². The fourth-order valence-corrected chi connectivity index (χ4v) is 9.87. The Morgan fingerprint density at radius 2 is 0.765 bits per heavy atom. The third kappa shape index (κ3) is 6.49. The van der Waals surface area contributed by atoms with Crippen LogP contribution in [0.5, 0.6) is 0 Å². The van der Waals surface area contributed by atoms with Gasteiger partial charge in [0.15, 0.2) is 0 Å². The lowest BCUT2D eigenvalue weighted by Crippen LogP contribution is -2.05. The van der Waals surface area contributed by atoms with Gasteiger partial charge in [-0.15, -0.1) is 0 Å². The first-order valence-electron chi connectivity index (χ1n) is 22.2. The van der Waals surface area contributed by atoms with E-state index >= 15 is 0 Å². The molecule has 7 heteroatoms. The molecule has 12 aromatic rings. The van der Waals surface area contributed by atoms with E-state index in [-0.39, 0.29) is 0 Å². The van der Waals surface area contributed by atoms with Crippen LogP contribution in [0.4, 0.5) is 0 Å². The zero-order valence-corrected chi connectivity index (χ0v) is 36.3. The van der Waals surface area contributed by atoms with Crippen molar-refractivity contribution < 1.29 is 0 Å². The molecule has 0 N–H and O–H groups in total. The minimum Gasteiger partial charge on any atom is -0.308 e. The summed E-state index contributed by atoms with van der Waals surface area (Å²) in [6.45, 7) is 0. The van der Waals surface area contributed by atoms with Crippen molar-refractivity contribution >= 4 is 43.6 Å². The zero-order valence-electron chi connectivity index (χ0n) is 36.3. The molecule has 8 aromatic carbocycles. The maximum atomic E-state index is 11.6. The van der Waals surface area contributed by atoms with E-state index in [2.05, 4.69) is 137 Å². The Balaban J connectivity index is 1.13. The minimum absolute atomic E-state index is 0.369. The van der Waals surface area contributed by atoms with Gasteiger partial charge in [0.2, 0.25) is 0 Å². The standard InChI is InChI=1S/C61H35N7/c62-34-39-29-40(35-63)31-45(30-39)46-32-58(67-54-21-9-7-17-49(54)60-47(19-11-23-56(60)67)43-25-27-52(65-37-43)41-13-3-1-4-14-41)51(36-64)59(33-46)68-55-22-10-8-18-50(55)61-48(20-12-24-57(61)68)44-26-28-53(66-38-44)42-15-5-2-6-16-42/h1-33,37-38H. The molecule has 12 rings (SSSR count). The second-order valence-corrected chi connectivity index (χ2v) is 16.7. The Labute approximate surface area is 391 Å². The largest absolute Gasteiger partial charge is 0.308 e. The lowest BCUT2D eigenvalue weighted by molar-refractivity contribution is 1.12. The number of benzene rings is 8. The second-order valence-electron chi connectivity index (χ2n) is 16.7. The molecule has 0 bridgehead atoms. The summed E-state index contributed by atoms with van der Waals surface area (Å²) >= 11 is 0. The molecule has 0 aliphatic rings. The van der Waals surface area contributed by atoms with E-state index < -0.39 is 0 Å². The Morgan fingerprint density at radius 1 is 0.338 bits per heavy atom. The molecule has 314 valence electrons. The van der Waals surface area contributed by atoms with Crippen molar-refractivity contribution in [1.82, 2.24) is 19.1 Å². The van der Waals surface area contributed by atoms with E-state index in [9.17, 15) is 15.8 Å². The molecular weight excluding hydrogens is 831 g/mol. The summed E-state index contributed by atoms with van der Waals surface area (Å²) in [6, 6.07) is 74.3. The predicted octanol–water partition coefficient (Wildman–Crippen LogP) is 14.6. The van der Waals surface area contributed by atoms with Crippen LogP contribution in [0.15, 0.2) is 213 Å². The minimum atomic E-state index is 0.369. The van der Waals surface area contributed by atoms with Crippen LogP contribution >= 0.6 is 0 Å². The quantitative estimate of drug-likeness (QED) is 0.159. The summed E-state index contributed by atoms with van der Waals surface area (Å²) in [5, 5.41) is 36.1. The SMILES string of the molecule is N#Cc1cc(C#N)cc(-c2cc(-n3c4ccccc4c4c(-c5ccc(-c6ccccc6)nc5)cccc43)c(C#N)c(-n3c4ccccc4c4c(-c5ccc(-c6ccccc6)nc5)cccc43)c2)c1. The fourth-order valence-electron chi connectivity index (χ4n) is 9.87. The van der Waals surface area contributed by atoms with Crippen molar-refractivity contribution in [2.45, 2.75) is 0 Å². The highest BCUT2D eigenvalue weighted by atomic mass is 15.0. The zero-order chi connectivity index (χ0) is 45.7. The van der Waals surface area contributed by atoms with Crippen molar-refractivity contribution in [2.75, 3.05) is 0 Å². The molecule has 0 radical (unpaired) electrons. The van der Waals surface area contributed by atoms with Crippen LogP contribution in [-0.2, 0) is 0 Å². The monoisotopic (exact) mass is 865 g/mol. The van der Waals surface area contributed by atoms with Crippen molar-refractivity contribution in [1.29, 1.82) is 15.8 Å². The highest BCUT2D eigenvalue weighted by Gasteiger charge is 2.25. The molecule has 0 spiro atoms. The van der Waals surface area contributed by atoms with Gasteiger partial charge in [-0.3, -0.25) is 9.97 Å². The molecule has 4 aromatic heterocycles. The van der Waals surface area contributed by atoms with E-state index in [1.54, 1.807) is 6.07 Å². The topological polar surface area (TPSA) is 107 Å². The average molecular weight is 866 g/mol. The van der Waals surface area contributed by atoms with Crippen LogP contribution in [-0.4, -0.2) is 19.1 Å². The van der Waals surface area contributed by atoms with Gasteiger partial charge in [-0.2, -0.15) is 15.8 Å². The number of nitriles is 3. The molecule has 68 heavy (non-hydrogen) atoms. The van der Waals surface area contributed by atoms with Gasteiger partial charge in [0.25, 0.3) is 0 Å². The first kappa shape index (κ1) is 39.7. The first-order valence-corrected chi connectivity index (χ1v) is 22.2. The van der Waals surface area contributed by atoms with Crippen LogP contribution in [0.25, 0.3) is 111 Å². The van der Waals surface area contributed by atoms with Gasteiger partial charge in [0, 0.05) is 56.2 Å². The summed E-state index contributed by atoms with van der Waals surface area (Å²) in [4.78, 5) is 9.82. The summed E-state index contributed by atoms with van der Waals surface area (Å²) in [7, 11) is 0. The highest BCUT2D eigenvalue weighted by Crippen LogP contribution is 2.44. The maximum absolute atomic E-state index is 11.6. The van der Waals surface area contributed by atoms with E-state index in [0.717, 1.165) is 93.9 Å². The molecule has 0 saturated heterocycles. The third-order valence-corrected chi connectivity index (χ3v) is 12.9. The number of hydrogen-bond acceptors (Lipinski definition) is 5. The van der Waals surface area contributed by atoms with Crippen LogP contribution < -0.4 is 0 Å². The van der Waals surface area contributed by atoms with Crippen LogP contribution in [0.2, 0.25) is 0 Å². The number of hydrogen-bond donors (Lipinski definition) is 0. The first-order chi connectivity index (χ1) is 33.6. The van der Waals surface area contributed by atoms with E-state index in [4.69, 9.17) is 9.97 Å². The van der Waals surface area contributed by atoms with Gasteiger partial charge < -0.3 is 9.13 Å². The number of pyridine rings is 2. The molecule has 0 fully saturated rings. The molecule has 0 aliphatic heterocycles. The molecule has 0 saturated carbocycles. The van der Waals surface area contributed by atoms with Crippen molar-refractivity contribution in [3.63, 3.8) is 0 Å². The summed E-state index contributed by atoms with van der Waals surface area (Å²) in [6.07, 6.45) is 3.86. The van der Waals surface area contributed by atoms with Crippen molar-refractivity contribution in [2.24, 2.45) is 0 Å². The lowest BCUT2D eigenvalue weighted by atomic mass is 9.97. The van der Waals surface area contributed by atoms with Crippen LogP contribution in [0, 0.1) is 34.0 Å². The fraction of sp³-hybridized carbons (Fsp3) is 0. The number of nitrogens with zero attached hydrogens (tertiary/aromatic N) is 7. The van der Waals surface area contributed by atoms with Gasteiger partial charge in [0.05, 0.1) is 68.1 Å². The van der Waals surface area contributed by atoms with E-state index in [1.807, 2.05) is 97.3 Å². The van der Waals surface area contributed by atoms with Gasteiger partial charge in [0.1, 0.15) is 11.6 Å².